The molecule has 1 unspecified atom stereocenters. The van der Waals surface area contributed by atoms with Crippen molar-refractivity contribution in [3.8, 4) is 0 Å². The fourth-order valence-corrected chi connectivity index (χ4v) is 2.60. The van der Waals surface area contributed by atoms with Crippen LogP contribution in [0.5, 0.6) is 0 Å². The number of nitrogens with one attached hydrogen (secondary N) is 1. The molecule has 0 radical (unpaired) electrons. The maximum Gasteiger partial charge on any atom is 0.0898 e. The van der Waals surface area contributed by atoms with Gasteiger partial charge in [-0.2, -0.15) is 0 Å². The molecule has 2 rings (SSSR count). The van der Waals surface area contributed by atoms with Crippen molar-refractivity contribution in [2.45, 2.75) is 26.3 Å². The van der Waals surface area contributed by atoms with Crippen LogP contribution in [0.25, 0.3) is 0 Å². The van der Waals surface area contributed by atoms with E-state index in [0.717, 1.165) is 28.7 Å². The summed E-state index contributed by atoms with van der Waals surface area (Å²) in [6.45, 7) is 5.13. The molecular weight excluding hydrogens is 264 g/mol. The molecule has 0 aliphatic heterocycles. The van der Waals surface area contributed by atoms with Gasteiger partial charge in [0.05, 0.1) is 10.7 Å². The maximum atomic E-state index is 5.86. The van der Waals surface area contributed by atoms with Crippen molar-refractivity contribution in [1.82, 2.24) is 10.3 Å². The van der Waals surface area contributed by atoms with Crippen LogP contribution in [-0.2, 0) is 6.42 Å². The Morgan fingerprint density at radius 1 is 1.33 bits per heavy atom. The molecule has 0 saturated heterocycles. The normalized spacial score (nSPS) is 12.6. The highest BCUT2D eigenvalue weighted by Crippen LogP contribution is 2.15. The number of hydrogen-bond acceptors (Lipinski definition) is 3. The Morgan fingerprint density at radius 2 is 2.06 bits per heavy atom. The van der Waals surface area contributed by atoms with Gasteiger partial charge >= 0.3 is 0 Å². The number of halogens is 1. The number of nitrogens with zero attached hydrogens (tertiary/aromatic N) is 1. The summed E-state index contributed by atoms with van der Waals surface area (Å²) in [5, 5.41) is 7.52. The van der Waals surface area contributed by atoms with Crippen LogP contribution in [0.3, 0.4) is 0 Å². The molecule has 0 saturated carbocycles. The van der Waals surface area contributed by atoms with E-state index in [4.69, 9.17) is 11.6 Å². The first-order valence-electron chi connectivity index (χ1n) is 6.05. The predicted octanol–water partition coefficient (Wildman–Crippen LogP) is 4.00. The second kappa shape index (κ2) is 6.32. The standard InChI is InChI=1S/C14H17ClN2S/c1-10(14-9-18-11(2)17-14)16-8-7-12-3-5-13(15)6-4-12/h3-6,9-10,16H,7-8H2,1-2H3. The molecule has 2 nitrogen and oxygen atoms in total. The van der Waals surface area contributed by atoms with Crippen LogP contribution in [-0.4, -0.2) is 11.5 Å². The number of aryl methyl sites for hydroxylation is 1. The predicted molar refractivity (Wildman–Crippen MR) is 78.4 cm³/mol. The first-order valence-corrected chi connectivity index (χ1v) is 7.31. The Hall–Kier alpha value is -0.900. The third-order valence-electron chi connectivity index (χ3n) is 2.86. The molecule has 18 heavy (non-hydrogen) atoms. The zero-order valence-electron chi connectivity index (χ0n) is 10.6. The fraction of sp³-hybridized carbons (Fsp3) is 0.357. The lowest BCUT2D eigenvalue weighted by molar-refractivity contribution is 0.566. The van der Waals surface area contributed by atoms with Crippen LogP contribution in [0.4, 0.5) is 0 Å². The molecule has 96 valence electrons. The van der Waals surface area contributed by atoms with E-state index < -0.39 is 0 Å². The molecule has 2 aromatic rings. The minimum atomic E-state index is 0.308. The Kier molecular flexibility index (Phi) is 4.75. The first-order chi connectivity index (χ1) is 8.65. The Morgan fingerprint density at radius 3 is 2.67 bits per heavy atom. The van der Waals surface area contributed by atoms with Gasteiger partial charge in [-0.1, -0.05) is 23.7 Å². The quantitative estimate of drug-likeness (QED) is 0.895. The average molecular weight is 281 g/mol. The van der Waals surface area contributed by atoms with Crippen molar-refractivity contribution in [2.24, 2.45) is 0 Å². The zero-order valence-corrected chi connectivity index (χ0v) is 12.2. The first kappa shape index (κ1) is 13.5. The number of rotatable bonds is 5. The van der Waals surface area contributed by atoms with E-state index in [1.54, 1.807) is 11.3 Å². The minimum Gasteiger partial charge on any atom is -0.308 e. The van der Waals surface area contributed by atoms with Gasteiger partial charge in [-0.3, -0.25) is 0 Å². The van der Waals surface area contributed by atoms with Gasteiger partial charge < -0.3 is 5.32 Å². The lowest BCUT2D eigenvalue weighted by Gasteiger charge is -2.11. The van der Waals surface area contributed by atoms with Crippen molar-refractivity contribution >= 4 is 22.9 Å². The lowest BCUT2D eigenvalue weighted by atomic mass is 10.1. The third-order valence-corrected chi connectivity index (χ3v) is 3.90. The molecule has 0 aliphatic rings. The van der Waals surface area contributed by atoms with Gasteiger partial charge in [0, 0.05) is 16.4 Å². The van der Waals surface area contributed by atoms with Crippen molar-refractivity contribution in [3.05, 3.63) is 50.9 Å². The van der Waals surface area contributed by atoms with Gasteiger partial charge in [-0.25, -0.2) is 4.98 Å². The van der Waals surface area contributed by atoms with E-state index in [1.807, 2.05) is 19.1 Å². The highest BCUT2D eigenvalue weighted by Gasteiger charge is 2.07. The fourth-order valence-electron chi connectivity index (χ4n) is 1.77. The number of benzene rings is 1. The molecule has 0 amide bonds. The molecule has 0 fully saturated rings. The maximum absolute atomic E-state index is 5.86. The van der Waals surface area contributed by atoms with Crippen LogP contribution in [0.1, 0.15) is 29.2 Å². The second-order valence-corrected chi connectivity index (χ2v) is 5.84. The summed E-state index contributed by atoms with van der Waals surface area (Å²) >= 11 is 7.55. The van der Waals surface area contributed by atoms with E-state index >= 15 is 0 Å². The van der Waals surface area contributed by atoms with Crippen molar-refractivity contribution < 1.29 is 0 Å². The summed E-state index contributed by atoms with van der Waals surface area (Å²) in [5.74, 6) is 0. The zero-order chi connectivity index (χ0) is 13.0. The van der Waals surface area contributed by atoms with Gasteiger partial charge in [0.25, 0.3) is 0 Å². The van der Waals surface area contributed by atoms with Gasteiger partial charge in [-0.05, 0) is 44.5 Å². The molecular formula is C14H17ClN2S. The molecule has 1 atom stereocenters. The highest BCUT2D eigenvalue weighted by molar-refractivity contribution is 7.09. The number of thiazole rings is 1. The Balaban J connectivity index is 1.80. The Bertz CT molecular complexity index is 493. The van der Waals surface area contributed by atoms with E-state index in [1.165, 1.54) is 5.56 Å². The monoisotopic (exact) mass is 280 g/mol. The Labute approximate surface area is 117 Å². The molecule has 0 bridgehead atoms. The summed E-state index contributed by atoms with van der Waals surface area (Å²) < 4.78 is 0. The van der Waals surface area contributed by atoms with Gasteiger partial charge in [-0.15, -0.1) is 11.3 Å². The van der Waals surface area contributed by atoms with Crippen LogP contribution >= 0.6 is 22.9 Å². The number of aromatic nitrogens is 1. The van der Waals surface area contributed by atoms with Crippen LogP contribution < -0.4 is 5.32 Å². The number of hydrogen-bond donors (Lipinski definition) is 1. The molecule has 1 heterocycles. The van der Waals surface area contributed by atoms with Crippen molar-refractivity contribution in [1.29, 1.82) is 0 Å². The summed E-state index contributed by atoms with van der Waals surface area (Å²) in [7, 11) is 0. The van der Waals surface area contributed by atoms with E-state index in [0.29, 0.717) is 6.04 Å². The molecule has 1 aromatic heterocycles. The topological polar surface area (TPSA) is 24.9 Å². The van der Waals surface area contributed by atoms with Gasteiger partial charge in [0.1, 0.15) is 0 Å². The average Bonchev–Trinajstić information content (AvgIpc) is 2.78. The molecule has 1 N–H and O–H groups in total. The van der Waals surface area contributed by atoms with Gasteiger partial charge in [0.15, 0.2) is 0 Å². The van der Waals surface area contributed by atoms with Crippen molar-refractivity contribution in [2.75, 3.05) is 6.54 Å². The van der Waals surface area contributed by atoms with Crippen LogP contribution in [0.2, 0.25) is 5.02 Å². The SMILES string of the molecule is Cc1nc(C(C)NCCc2ccc(Cl)cc2)cs1. The van der Waals surface area contributed by atoms with Crippen LogP contribution in [0, 0.1) is 6.92 Å². The van der Waals surface area contributed by atoms with E-state index in [9.17, 15) is 0 Å². The molecule has 0 aliphatic carbocycles. The largest absolute Gasteiger partial charge is 0.308 e. The summed E-state index contributed by atoms with van der Waals surface area (Å²) in [4.78, 5) is 4.49. The van der Waals surface area contributed by atoms with E-state index in [-0.39, 0.29) is 0 Å². The summed E-state index contributed by atoms with van der Waals surface area (Å²) in [6, 6.07) is 8.32. The summed E-state index contributed by atoms with van der Waals surface area (Å²) in [5.41, 5.74) is 2.43. The van der Waals surface area contributed by atoms with E-state index in [2.05, 4.69) is 34.7 Å². The highest BCUT2D eigenvalue weighted by atomic mass is 35.5. The second-order valence-electron chi connectivity index (χ2n) is 4.34. The third kappa shape index (κ3) is 3.80. The summed E-state index contributed by atoms with van der Waals surface area (Å²) in [6.07, 6.45) is 1.00. The molecule has 4 heteroatoms. The molecule has 0 spiro atoms. The van der Waals surface area contributed by atoms with Crippen LogP contribution in [0.15, 0.2) is 29.6 Å². The van der Waals surface area contributed by atoms with Crippen molar-refractivity contribution in [3.63, 3.8) is 0 Å². The minimum absolute atomic E-state index is 0.308. The smallest absolute Gasteiger partial charge is 0.0898 e. The van der Waals surface area contributed by atoms with Gasteiger partial charge in [0.2, 0.25) is 0 Å². The molecule has 1 aromatic carbocycles. The lowest BCUT2D eigenvalue weighted by Crippen LogP contribution is -2.21.